The van der Waals surface area contributed by atoms with E-state index in [0.29, 0.717) is 16.3 Å². The van der Waals surface area contributed by atoms with Crippen LogP contribution in [-0.4, -0.2) is 21.3 Å². The Bertz CT molecular complexity index is 1100. The van der Waals surface area contributed by atoms with Crippen molar-refractivity contribution in [1.29, 1.82) is 0 Å². The zero-order valence-corrected chi connectivity index (χ0v) is 15.0. The lowest BCUT2D eigenvalue weighted by Gasteiger charge is -2.04. The maximum absolute atomic E-state index is 10.1. The third-order valence-electron chi connectivity index (χ3n) is 3.95. The lowest BCUT2D eigenvalue weighted by atomic mass is 10.1. The van der Waals surface area contributed by atoms with Gasteiger partial charge in [0, 0.05) is 22.4 Å². The maximum atomic E-state index is 10.1. The Morgan fingerprint density at radius 2 is 1.77 bits per heavy atom. The molecule has 128 valence electrons. The first-order valence-corrected chi connectivity index (χ1v) is 8.63. The van der Waals surface area contributed by atoms with Crippen molar-refractivity contribution in [2.75, 3.05) is 0 Å². The Hall–Kier alpha value is -2.82. The highest BCUT2D eigenvalue weighted by Crippen LogP contribution is 2.32. The lowest BCUT2D eigenvalue weighted by molar-refractivity contribution is 0.475. The maximum Gasteiger partial charge on any atom is 0.143 e. The van der Waals surface area contributed by atoms with E-state index in [1.165, 1.54) is 12.3 Å². The standard InChI is InChI=1S/C20H13Cl2N3O/c21-13-9-12(19(26)15(22)10-13)11-23-16-6-2-1-5-14(16)20-24-17-7-3-4-8-18(17)25-20/h1-11,26H,(H,24,25). The van der Waals surface area contributed by atoms with Crippen LogP contribution in [0.2, 0.25) is 10.0 Å². The number of hydrogen-bond acceptors (Lipinski definition) is 3. The van der Waals surface area contributed by atoms with E-state index in [4.69, 9.17) is 23.2 Å². The largest absolute Gasteiger partial charge is 0.506 e. The van der Waals surface area contributed by atoms with Gasteiger partial charge in [0.05, 0.1) is 21.7 Å². The molecule has 0 amide bonds. The summed E-state index contributed by atoms with van der Waals surface area (Å²) in [4.78, 5) is 12.4. The van der Waals surface area contributed by atoms with Crippen LogP contribution in [0.1, 0.15) is 5.56 Å². The van der Waals surface area contributed by atoms with Gasteiger partial charge in [-0.3, -0.25) is 4.99 Å². The van der Waals surface area contributed by atoms with Crippen molar-refractivity contribution < 1.29 is 5.11 Å². The summed E-state index contributed by atoms with van der Waals surface area (Å²) in [7, 11) is 0. The number of hydrogen-bond donors (Lipinski definition) is 2. The van der Waals surface area contributed by atoms with Gasteiger partial charge in [-0.05, 0) is 36.4 Å². The summed E-state index contributed by atoms with van der Waals surface area (Å²) in [5.74, 6) is 0.674. The first-order chi connectivity index (χ1) is 12.6. The smallest absolute Gasteiger partial charge is 0.143 e. The fraction of sp³-hybridized carbons (Fsp3) is 0. The summed E-state index contributed by atoms with van der Waals surface area (Å²) >= 11 is 12.0. The molecule has 1 aromatic heterocycles. The molecule has 0 bridgehead atoms. The fourth-order valence-corrected chi connectivity index (χ4v) is 3.20. The second-order valence-electron chi connectivity index (χ2n) is 5.70. The predicted octanol–water partition coefficient (Wildman–Crippen LogP) is 5.99. The van der Waals surface area contributed by atoms with Gasteiger partial charge in [-0.2, -0.15) is 0 Å². The van der Waals surface area contributed by atoms with Crippen molar-refractivity contribution in [1.82, 2.24) is 9.97 Å². The van der Waals surface area contributed by atoms with Crippen molar-refractivity contribution in [3.8, 4) is 17.1 Å². The highest BCUT2D eigenvalue weighted by molar-refractivity contribution is 6.36. The number of phenolic OH excluding ortho intramolecular Hbond substituents is 1. The van der Waals surface area contributed by atoms with E-state index in [1.807, 2.05) is 48.5 Å². The van der Waals surface area contributed by atoms with E-state index in [1.54, 1.807) is 6.07 Å². The number of para-hydroxylation sites is 3. The number of aromatic nitrogens is 2. The van der Waals surface area contributed by atoms with E-state index in [0.717, 1.165) is 22.4 Å². The summed E-state index contributed by atoms with van der Waals surface area (Å²) in [6.07, 6.45) is 1.54. The zero-order valence-electron chi connectivity index (χ0n) is 13.4. The minimum atomic E-state index is -0.0546. The summed E-state index contributed by atoms with van der Waals surface area (Å²) in [5.41, 5.74) is 3.86. The Morgan fingerprint density at radius 3 is 2.62 bits per heavy atom. The van der Waals surface area contributed by atoms with Gasteiger partial charge in [0.15, 0.2) is 0 Å². The second-order valence-corrected chi connectivity index (χ2v) is 6.55. The first kappa shape index (κ1) is 16.6. The predicted molar refractivity (Wildman–Crippen MR) is 107 cm³/mol. The lowest BCUT2D eigenvalue weighted by Crippen LogP contribution is -1.86. The van der Waals surface area contributed by atoms with Crippen LogP contribution in [-0.2, 0) is 0 Å². The molecule has 0 aliphatic carbocycles. The molecule has 0 aliphatic rings. The van der Waals surface area contributed by atoms with Crippen molar-refractivity contribution >= 4 is 46.1 Å². The molecule has 0 fully saturated rings. The van der Waals surface area contributed by atoms with Crippen molar-refractivity contribution in [2.45, 2.75) is 0 Å². The van der Waals surface area contributed by atoms with Crippen LogP contribution >= 0.6 is 23.2 Å². The summed E-state index contributed by atoms with van der Waals surface area (Å²) in [6, 6.07) is 18.6. The highest BCUT2D eigenvalue weighted by Gasteiger charge is 2.10. The number of nitrogens with one attached hydrogen (secondary N) is 1. The highest BCUT2D eigenvalue weighted by atomic mass is 35.5. The van der Waals surface area contributed by atoms with Gasteiger partial charge in [0.2, 0.25) is 0 Å². The normalized spacial score (nSPS) is 11.5. The van der Waals surface area contributed by atoms with Gasteiger partial charge < -0.3 is 10.1 Å². The number of halogens is 2. The van der Waals surface area contributed by atoms with E-state index in [9.17, 15) is 5.11 Å². The molecule has 26 heavy (non-hydrogen) atoms. The topological polar surface area (TPSA) is 61.3 Å². The third-order valence-corrected chi connectivity index (χ3v) is 4.46. The molecule has 6 heteroatoms. The molecule has 3 aromatic carbocycles. The molecule has 1 heterocycles. The monoisotopic (exact) mass is 381 g/mol. The van der Waals surface area contributed by atoms with Crippen LogP contribution in [0, 0.1) is 0 Å². The Morgan fingerprint density at radius 1 is 1.00 bits per heavy atom. The molecule has 4 rings (SSSR count). The van der Waals surface area contributed by atoms with E-state index < -0.39 is 0 Å². The van der Waals surface area contributed by atoms with Crippen LogP contribution < -0.4 is 0 Å². The minimum Gasteiger partial charge on any atom is -0.506 e. The summed E-state index contributed by atoms with van der Waals surface area (Å²) < 4.78 is 0. The number of aromatic hydroxyl groups is 1. The van der Waals surface area contributed by atoms with Crippen molar-refractivity contribution in [2.24, 2.45) is 4.99 Å². The second kappa shape index (κ2) is 6.83. The number of aliphatic imine (C=N–C) groups is 1. The molecule has 0 spiro atoms. The summed E-state index contributed by atoms with van der Waals surface area (Å²) in [5, 5.41) is 10.7. The van der Waals surface area contributed by atoms with Crippen LogP contribution in [0.3, 0.4) is 0 Å². The number of benzene rings is 3. The molecule has 2 N–H and O–H groups in total. The van der Waals surface area contributed by atoms with Gasteiger partial charge in [-0.15, -0.1) is 0 Å². The van der Waals surface area contributed by atoms with E-state index in [-0.39, 0.29) is 10.8 Å². The number of H-pyrrole nitrogens is 1. The van der Waals surface area contributed by atoms with Gasteiger partial charge in [0.1, 0.15) is 11.6 Å². The molecule has 0 radical (unpaired) electrons. The Balaban J connectivity index is 1.77. The average molecular weight is 382 g/mol. The number of imidazole rings is 1. The third kappa shape index (κ3) is 3.17. The number of rotatable bonds is 3. The van der Waals surface area contributed by atoms with Crippen LogP contribution in [0.25, 0.3) is 22.4 Å². The molecular weight excluding hydrogens is 369 g/mol. The van der Waals surface area contributed by atoms with Crippen LogP contribution in [0.4, 0.5) is 5.69 Å². The van der Waals surface area contributed by atoms with Gasteiger partial charge in [-0.1, -0.05) is 47.5 Å². The van der Waals surface area contributed by atoms with Crippen molar-refractivity contribution in [3.63, 3.8) is 0 Å². The van der Waals surface area contributed by atoms with Crippen molar-refractivity contribution in [3.05, 3.63) is 76.3 Å². The van der Waals surface area contributed by atoms with E-state index in [2.05, 4.69) is 15.0 Å². The van der Waals surface area contributed by atoms with Gasteiger partial charge in [-0.25, -0.2) is 4.98 Å². The molecule has 0 aliphatic heterocycles. The molecule has 0 saturated heterocycles. The summed E-state index contributed by atoms with van der Waals surface area (Å²) in [6.45, 7) is 0. The molecular formula is C20H13Cl2N3O. The molecule has 4 aromatic rings. The SMILES string of the molecule is Oc1c(Cl)cc(Cl)cc1C=Nc1ccccc1-c1nc2ccccc2[nH]1. The molecule has 0 atom stereocenters. The first-order valence-electron chi connectivity index (χ1n) is 7.88. The van der Waals surface area contributed by atoms with Crippen LogP contribution in [0.5, 0.6) is 5.75 Å². The quantitative estimate of drug-likeness (QED) is 0.428. The number of aromatic amines is 1. The van der Waals surface area contributed by atoms with E-state index >= 15 is 0 Å². The Kier molecular flexibility index (Phi) is 4.37. The van der Waals surface area contributed by atoms with Gasteiger partial charge in [0.25, 0.3) is 0 Å². The number of phenols is 1. The zero-order chi connectivity index (χ0) is 18.1. The fourth-order valence-electron chi connectivity index (χ4n) is 2.69. The molecule has 0 saturated carbocycles. The molecule has 4 nitrogen and oxygen atoms in total. The number of nitrogens with zero attached hydrogens (tertiary/aromatic N) is 2. The Labute approximate surface area is 159 Å². The minimum absolute atomic E-state index is 0.0546. The average Bonchev–Trinajstić information content (AvgIpc) is 3.07. The number of fused-ring (bicyclic) bond motifs is 1. The van der Waals surface area contributed by atoms with Crippen LogP contribution in [0.15, 0.2) is 65.7 Å². The molecule has 0 unspecified atom stereocenters. The van der Waals surface area contributed by atoms with Gasteiger partial charge >= 0.3 is 0 Å².